The van der Waals surface area contributed by atoms with Crippen LogP contribution in [0.4, 0.5) is 0 Å². The van der Waals surface area contributed by atoms with E-state index in [0.717, 1.165) is 0 Å². The van der Waals surface area contributed by atoms with Crippen LogP contribution in [0.2, 0.25) is 0 Å². The SMILES string of the molecule is C=CC(=O)CCCCC(=O)O. The second kappa shape index (κ2) is 5.65. The molecule has 11 heavy (non-hydrogen) atoms. The smallest absolute Gasteiger partial charge is 0.303 e. The number of rotatable bonds is 6. The summed E-state index contributed by atoms with van der Waals surface area (Å²) < 4.78 is 0. The lowest BCUT2D eigenvalue weighted by Gasteiger charge is -1.93. The molecule has 0 fully saturated rings. The fraction of sp³-hybridized carbons (Fsp3) is 0.500. The first kappa shape index (κ1) is 9.88. The number of carbonyl (C=O) groups excluding carboxylic acids is 1. The van der Waals surface area contributed by atoms with Gasteiger partial charge in [-0.05, 0) is 18.9 Å². The minimum Gasteiger partial charge on any atom is -0.481 e. The molecule has 0 rings (SSSR count). The van der Waals surface area contributed by atoms with E-state index in [1.54, 1.807) is 0 Å². The minimum absolute atomic E-state index is 0.0182. The lowest BCUT2D eigenvalue weighted by Crippen LogP contribution is -1.96. The number of carboxylic acids is 1. The molecule has 0 aliphatic carbocycles. The molecule has 0 bridgehead atoms. The topological polar surface area (TPSA) is 54.4 Å². The van der Waals surface area contributed by atoms with Crippen LogP contribution in [0.5, 0.6) is 0 Å². The van der Waals surface area contributed by atoms with Crippen LogP contribution >= 0.6 is 0 Å². The van der Waals surface area contributed by atoms with Crippen LogP contribution in [0.3, 0.4) is 0 Å². The van der Waals surface area contributed by atoms with Gasteiger partial charge < -0.3 is 5.11 Å². The molecular weight excluding hydrogens is 144 g/mol. The molecule has 0 aliphatic rings. The van der Waals surface area contributed by atoms with Crippen molar-refractivity contribution in [3.05, 3.63) is 12.7 Å². The minimum atomic E-state index is -0.809. The van der Waals surface area contributed by atoms with Gasteiger partial charge in [-0.2, -0.15) is 0 Å². The van der Waals surface area contributed by atoms with Crippen LogP contribution < -0.4 is 0 Å². The number of hydrogen-bond donors (Lipinski definition) is 1. The van der Waals surface area contributed by atoms with Crippen LogP contribution in [0.1, 0.15) is 25.7 Å². The van der Waals surface area contributed by atoms with Crippen molar-refractivity contribution in [1.29, 1.82) is 0 Å². The van der Waals surface area contributed by atoms with Crippen molar-refractivity contribution in [3.8, 4) is 0 Å². The Morgan fingerprint density at radius 2 is 1.82 bits per heavy atom. The number of ketones is 1. The van der Waals surface area contributed by atoms with Gasteiger partial charge in [-0.15, -0.1) is 0 Å². The standard InChI is InChI=1S/C8H12O3/c1-2-7(9)5-3-4-6-8(10)11/h2H,1,3-6H2,(H,10,11). The van der Waals surface area contributed by atoms with Gasteiger partial charge in [0.15, 0.2) is 5.78 Å². The lowest BCUT2D eigenvalue weighted by atomic mass is 10.1. The first-order valence-corrected chi connectivity index (χ1v) is 3.54. The van der Waals surface area contributed by atoms with Crippen molar-refractivity contribution in [2.75, 3.05) is 0 Å². The summed E-state index contributed by atoms with van der Waals surface area (Å²) in [6, 6.07) is 0. The molecule has 0 unspecified atom stereocenters. The molecule has 3 heteroatoms. The van der Waals surface area contributed by atoms with E-state index in [0.29, 0.717) is 19.3 Å². The Morgan fingerprint density at radius 3 is 2.27 bits per heavy atom. The second-order valence-electron chi connectivity index (χ2n) is 2.27. The fourth-order valence-electron chi connectivity index (χ4n) is 0.678. The molecule has 0 heterocycles. The largest absolute Gasteiger partial charge is 0.481 e. The highest BCUT2D eigenvalue weighted by molar-refractivity contribution is 5.88. The third-order valence-electron chi connectivity index (χ3n) is 1.29. The molecule has 0 saturated heterocycles. The van der Waals surface area contributed by atoms with Gasteiger partial charge in [0.25, 0.3) is 0 Å². The van der Waals surface area contributed by atoms with Gasteiger partial charge in [0.05, 0.1) is 0 Å². The summed E-state index contributed by atoms with van der Waals surface area (Å²) in [7, 11) is 0. The Kier molecular flexibility index (Phi) is 5.07. The molecule has 0 radical (unpaired) electrons. The third kappa shape index (κ3) is 6.77. The van der Waals surface area contributed by atoms with Crippen LogP contribution in [-0.4, -0.2) is 16.9 Å². The number of carbonyl (C=O) groups is 2. The van der Waals surface area contributed by atoms with E-state index in [1.807, 2.05) is 0 Å². The molecule has 0 aromatic heterocycles. The van der Waals surface area contributed by atoms with Gasteiger partial charge in [-0.25, -0.2) is 0 Å². The molecule has 62 valence electrons. The molecule has 0 aromatic rings. The van der Waals surface area contributed by atoms with E-state index in [9.17, 15) is 9.59 Å². The average Bonchev–Trinajstić information content (AvgIpc) is 1.97. The van der Waals surface area contributed by atoms with Crippen molar-refractivity contribution >= 4 is 11.8 Å². The summed E-state index contributed by atoms with van der Waals surface area (Å²) in [4.78, 5) is 20.6. The first-order chi connectivity index (χ1) is 5.16. The summed E-state index contributed by atoms with van der Waals surface area (Å²) in [6.07, 6.45) is 3.02. The maximum absolute atomic E-state index is 10.6. The van der Waals surface area contributed by atoms with Gasteiger partial charge in [0, 0.05) is 12.8 Å². The summed E-state index contributed by atoms with van der Waals surface area (Å²) in [5, 5.41) is 8.23. The zero-order valence-electron chi connectivity index (χ0n) is 6.38. The Morgan fingerprint density at radius 1 is 1.27 bits per heavy atom. The zero-order chi connectivity index (χ0) is 8.69. The summed E-state index contributed by atoms with van der Waals surface area (Å²) in [5.41, 5.74) is 0. The van der Waals surface area contributed by atoms with Crippen molar-refractivity contribution in [2.45, 2.75) is 25.7 Å². The van der Waals surface area contributed by atoms with Crippen LogP contribution in [0, 0.1) is 0 Å². The third-order valence-corrected chi connectivity index (χ3v) is 1.29. The van der Waals surface area contributed by atoms with E-state index in [1.165, 1.54) is 6.08 Å². The zero-order valence-corrected chi connectivity index (χ0v) is 6.38. The van der Waals surface area contributed by atoms with Crippen LogP contribution in [0.25, 0.3) is 0 Å². The number of unbranched alkanes of at least 4 members (excludes halogenated alkanes) is 1. The van der Waals surface area contributed by atoms with Gasteiger partial charge in [0.1, 0.15) is 0 Å². The van der Waals surface area contributed by atoms with E-state index in [2.05, 4.69) is 6.58 Å². The Hall–Kier alpha value is -1.12. The van der Waals surface area contributed by atoms with Crippen molar-refractivity contribution < 1.29 is 14.7 Å². The predicted octanol–water partition coefficient (Wildman–Crippen LogP) is 1.39. The Bertz CT molecular complexity index is 161. The van der Waals surface area contributed by atoms with Crippen LogP contribution in [-0.2, 0) is 9.59 Å². The molecule has 0 saturated carbocycles. The molecule has 0 atom stereocenters. The quantitative estimate of drug-likeness (QED) is 0.467. The van der Waals surface area contributed by atoms with E-state index in [-0.39, 0.29) is 12.2 Å². The highest BCUT2D eigenvalue weighted by Gasteiger charge is 1.98. The number of carboxylic acid groups (broad SMARTS) is 1. The molecule has 0 amide bonds. The van der Waals surface area contributed by atoms with E-state index >= 15 is 0 Å². The summed E-state index contributed by atoms with van der Waals surface area (Å²) in [6.45, 7) is 3.31. The molecular formula is C8H12O3. The van der Waals surface area contributed by atoms with Gasteiger partial charge in [0.2, 0.25) is 0 Å². The van der Waals surface area contributed by atoms with Gasteiger partial charge >= 0.3 is 5.97 Å². The van der Waals surface area contributed by atoms with Gasteiger partial charge in [-0.3, -0.25) is 9.59 Å². The normalized spacial score (nSPS) is 9.09. The van der Waals surface area contributed by atoms with Gasteiger partial charge in [-0.1, -0.05) is 6.58 Å². The van der Waals surface area contributed by atoms with E-state index in [4.69, 9.17) is 5.11 Å². The maximum Gasteiger partial charge on any atom is 0.303 e. The molecule has 1 N–H and O–H groups in total. The molecule has 0 aliphatic heterocycles. The number of allylic oxidation sites excluding steroid dienone is 1. The summed E-state index contributed by atoms with van der Waals surface area (Å²) in [5.74, 6) is -0.827. The fourth-order valence-corrected chi connectivity index (χ4v) is 0.678. The lowest BCUT2D eigenvalue weighted by molar-refractivity contribution is -0.137. The summed E-state index contributed by atoms with van der Waals surface area (Å²) >= 11 is 0. The monoisotopic (exact) mass is 156 g/mol. The highest BCUT2D eigenvalue weighted by Crippen LogP contribution is 2.00. The number of hydrogen-bond acceptors (Lipinski definition) is 2. The maximum atomic E-state index is 10.6. The number of aliphatic carboxylic acids is 1. The average molecular weight is 156 g/mol. The molecule has 3 nitrogen and oxygen atoms in total. The molecule has 0 spiro atoms. The van der Waals surface area contributed by atoms with E-state index < -0.39 is 5.97 Å². The van der Waals surface area contributed by atoms with Crippen molar-refractivity contribution in [1.82, 2.24) is 0 Å². The Labute approximate surface area is 65.7 Å². The first-order valence-electron chi connectivity index (χ1n) is 3.54. The predicted molar refractivity (Wildman–Crippen MR) is 41.3 cm³/mol. The second-order valence-corrected chi connectivity index (χ2v) is 2.27. The van der Waals surface area contributed by atoms with Crippen LogP contribution in [0.15, 0.2) is 12.7 Å². The highest BCUT2D eigenvalue weighted by atomic mass is 16.4. The molecule has 0 aromatic carbocycles. The van der Waals surface area contributed by atoms with Crippen molar-refractivity contribution in [2.24, 2.45) is 0 Å². The Balaban J connectivity index is 3.21. The van der Waals surface area contributed by atoms with Crippen molar-refractivity contribution in [3.63, 3.8) is 0 Å².